The lowest BCUT2D eigenvalue weighted by molar-refractivity contribution is -0.143. The number of nitrogens with zero attached hydrogens (tertiary/aromatic N) is 2. The van der Waals surface area contributed by atoms with E-state index in [1.165, 1.54) is 24.3 Å². The van der Waals surface area contributed by atoms with Crippen LogP contribution < -0.4 is 5.32 Å². The van der Waals surface area contributed by atoms with Gasteiger partial charge < -0.3 is 5.32 Å². The van der Waals surface area contributed by atoms with Crippen LogP contribution in [-0.2, 0) is 16.0 Å². The number of alkyl halides is 3. The van der Waals surface area contributed by atoms with Crippen LogP contribution in [0, 0.1) is 6.92 Å². The summed E-state index contributed by atoms with van der Waals surface area (Å²) in [5.74, 6) is -1.21. The average Bonchev–Trinajstić information content (AvgIpc) is 3.18. The van der Waals surface area contributed by atoms with E-state index in [1.807, 2.05) is 0 Å². The van der Waals surface area contributed by atoms with Gasteiger partial charge in [-0.15, -0.1) is 0 Å². The molecule has 1 heterocycles. The highest BCUT2D eigenvalue weighted by Gasteiger charge is 2.40. The summed E-state index contributed by atoms with van der Waals surface area (Å²) >= 11 is 0. The summed E-state index contributed by atoms with van der Waals surface area (Å²) in [6.45, 7) is 1.70. The number of aryl methyl sites for hydroxylation is 1. The first-order valence-electron chi connectivity index (χ1n) is 9.38. The maximum atomic E-state index is 13.7. The second-order valence-corrected chi connectivity index (χ2v) is 9.00. The number of rotatable bonds is 7. The van der Waals surface area contributed by atoms with Crippen LogP contribution in [-0.4, -0.2) is 36.4 Å². The molecule has 0 saturated heterocycles. The molecule has 0 fully saturated rings. The molecule has 3 rings (SSSR count). The van der Waals surface area contributed by atoms with Crippen LogP contribution in [0.25, 0.3) is 5.69 Å². The first-order valence-corrected chi connectivity index (χ1v) is 11.0. The molecule has 10 heteroatoms. The van der Waals surface area contributed by atoms with Crippen molar-refractivity contribution in [2.75, 3.05) is 12.3 Å². The Balaban J connectivity index is 1.71. The minimum Gasteiger partial charge on any atom is -0.352 e. The Morgan fingerprint density at radius 1 is 1.06 bits per heavy atom. The van der Waals surface area contributed by atoms with Crippen molar-refractivity contribution in [3.8, 4) is 5.69 Å². The molecule has 2 aromatic carbocycles. The van der Waals surface area contributed by atoms with Gasteiger partial charge in [-0.25, -0.2) is 13.1 Å². The van der Waals surface area contributed by atoms with E-state index in [2.05, 4.69) is 10.4 Å². The molecule has 0 radical (unpaired) electrons. The van der Waals surface area contributed by atoms with Crippen LogP contribution in [0.5, 0.6) is 0 Å². The van der Waals surface area contributed by atoms with Crippen molar-refractivity contribution in [1.29, 1.82) is 0 Å². The SMILES string of the molecule is Cc1ccc(-n2ncc(C(=O)NCCCS(=O)(=O)c3ccccc3)c2C(F)(F)F)cc1. The summed E-state index contributed by atoms with van der Waals surface area (Å²) in [7, 11) is -3.54. The van der Waals surface area contributed by atoms with E-state index in [1.54, 1.807) is 37.3 Å². The molecule has 0 aliphatic rings. The van der Waals surface area contributed by atoms with Crippen molar-refractivity contribution in [2.24, 2.45) is 0 Å². The van der Waals surface area contributed by atoms with Crippen molar-refractivity contribution >= 4 is 15.7 Å². The quantitative estimate of drug-likeness (QED) is 0.554. The van der Waals surface area contributed by atoms with Crippen LogP contribution in [0.4, 0.5) is 13.2 Å². The van der Waals surface area contributed by atoms with E-state index in [0.29, 0.717) is 4.68 Å². The third-order valence-corrected chi connectivity index (χ3v) is 6.36. The van der Waals surface area contributed by atoms with Crippen LogP contribution in [0.2, 0.25) is 0 Å². The van der Waals surface area contributed by atoms with Gasteiger partial charge in [0.25, 0.3) is 5.91 Å². The topological polar surface area (TPSA) is 81.1 Å². The Morgan fingerprint density at radius 2 is 1.71 bits per heavy atom. The number of nitrogens with one attached hydrogen (secondary N) is 1. The smallest absolute Gasteiger partial charge is 0.352 e. The molecular formula is C21H20F3N3O3S. The monoisotopic (exact) mass is 451 g/mol. The highest BCUT2D eigenvalue weighted by atomic mass is 32.2. The molecule has 0 unspecified atom stereocenters. The number of hydrogen-bond donors (Lipinski definition) is 1. The molecule has 1 amide bonds. The summed E-state index contributed by atoms with van der Waals surface area (Å²) in [5.41, 5.74) is -0.774. The maximum absolute atomic E-state index is 13.7. The molecule has 6 nitrogen and oxygen atoms in total. The zero-order chi connectivity index (χ0) is 22.6. The van der Waals surface area contributed by atoms with E-state index in [0.717, 1.165) is 11.8 Å². The Morgan fingerprint density at radius 3 is 2.32 bits per heavy atom. The van der Waals surface area contributed by atoms with Gasteiger partial charge in [0, 0.05) is 6.54 Å². The molecule has 0 saturated carbocycles. The molecule has 0 atom stereocenters. The van der Waals surface area contributed by atoms with Gasteiger partial charge in [0.2, 0.25) is 0 Å². The van der Waals surface area contributed by atoms with E-state index in [4.69, 9.17) is 0 Å². The van der Waals surface area contributed by atoms with E-state index >= 15 is 0 Å². The highest BCUT2D eigenvalue weighted by Crippen LogP contribution is 2.33. The fourth-order valence-corrected chi connectivity index (χ4v) is 4.31. The Hall–Kier alpha value is -3.14. The molecule has 164 valence electrons. The highest BCUT2D eigenvalue weighted by molar-refractivity contribution is 7.91. The van der Waals surface area contributed by atoms with Gasteiger partial charge in [-0.1, -0.05) is 35.9 Å². The van der Waals surface area contributed by atoms with Gasteiger partial charge in [0.1, 0.15) is 0 Å². The van der Waals surface area contributed by atoms with Crippen molar-refractivity contribution in [3.63, 3.8) is 0 Å². The van der Waals surface area contributed by atoms with E-state index in [9.17, 15) is 26.4 Å². The fourth-order valence-electron chi connectivity index (χ4n) is 2.97. The lowest BCUT2D eigenvalue weighted by atomic mass is 10.2. The summed E-state index contributed by atoms with van der Waals surface area (Å²) in [6.07, 6.45) is -3.90. The second kappa shape index (κ2) is 8.93. The zero-order valence-corrected chi connectivity index (χ0v) is 17.4. The number of halogens is 3. The van der Waals surface area contributed by atoms with Crippen LogP contribution in [0.3, 0.4) is 0 Å². The minimum absolute atomic E-state index is 0.0520. The Bertz CT molecular complexity index is 1160. The van der Waals surface area contributed by atoms with Gasteiger partial charge in [-0.3, -0.25) is 4.79 Å². The van der Waals surface area contributed by atoms with Crippen molar-refractivity contribution in [2.45, 2.75) is 24.4 Å². The summed E-state index contributed by atoms with van der Waals surface area (Å²) in [4.78, 5) is 12.5. The fraction of sp³-hybridized carbons (Fsp3) is 0.238. The number of sulfone groups is 1. The number of aromatic nitrogens is 2. The predicted molar refractivity (Wildman–Crippen MR) is 109 cm³/mol. The molecule has 1 N–H and O–H groups in total. The first-order chi connectivity index (χ1) is 14.6. The van der Waals surface area contributed by atoms with Crippen LogP contribution >= 0.6 is 0 Å². The molecule has 1 aromatic heterocycles. The summed E-state index contributed by atoms with van der Waals surface area (Å²) in [5, 5.41) is 6.10. The number of carbonyl (C=O) groups is 1. The van der Waals surface area contributed by atoms with Gasteiger partial charge >= 0.3 is 6.18 Å². The third-order valence-electron chi connectivity index (χ3n) is 4.54. The lowest BCUT2D eigenvalue weighted by Crippen LogP contribution is -2.28. The van der Waals surface area contributed by atoms with E-state index < -0.39 is 33.2 Å². The number of amides is 1. The standard InChI is InChI=1S/C21H20F3N3O3S/c1-15-8-10-16(11-9-15)27-19(21(22,23)24)18(14-26-27)20(28)25-12-5-13-31(29,30)17-6-3-2-4-7-17/h2-4,6-11,14H,5,12-13H2,1H3,(H,25,28). The molecule has 0 aliphatic carbocycles. The number of benzene rings is 2. The van der Waals surface area contributed by atoms with Gasteiger partial charge in [-0.2, -0.15) is 18.3 Å². The second-order valence-electron chi connectivity index (χ2n) is 6.89. The maximum Gasteiger partial charge on any atom is 0.434 e. The largest absolute Gasteiger partial charge is 0.434 e. The third kappa shape index (κ3) is 5.32. The number of carbonyl (C=O) groups excluding carboxylic acids is 1. The molecule has 0 bridgehead atoms. The van der Waals surface area contributed by atoms with Crippen LogP contribution in [0.1, 0.15) is 28.0 Å². The van der Waals surface area contributed by atoms with Crippen molar-refractivity contribution < 1.29 is 26.4 Å². The van der Waals surface area contributed by atoms with Gasteiger partial charge in [0.15, 0.2) is 15.5 Å². The average molecular weight is 451 g/mol. The zero-order valence-electron chi connectivity index (χ0n) is 16.6. The molecule has 3 aromatic rings. The molecule has 0 spiro atoms. The number of hydrogen-bond acceptors (Lipinski definition) is 4. The Labute approximate surface area is 177 Å². The summed E-state index contributed by atoms with van der Waals surface area (Å²) < 4.78 is 66.2. The molecule has 31 heavy (non-hydrogen) atoms. The minimum atomic E-state index is -4.81. The Kier molecular flexibility index (Phi) is 6.49. The summed E-state index contributed by atoms with van der Waals surface area (Å²) in [6, 6.07) is 14.0. The van der Waals surface area contributed by atoms with Crippen molar-refractivity contribution in [1.82, 2.24) is 15.1 Å². The first kappa shape index (κ1) is 22.5. The lowest BCUT2D eigenvalue weighted by Gasteiger charge is -2.13. The molecular weight excluding hydrogens is 431 g/mol. The molecule has 0 aliphatic heterocycles. The van der Waals surface area contributed by atoms with Gasteiger partial charge in [0.05, 0.1) is 28.1 Å². The predicted octanol–water partition coefficient (Wildman–Crippen LogP) is 3.79. The van der Waals surface area contributed by atoms with Crippen molar-refractivity contribution in [3.05, 3.63) is 77.6 Å². The van der Waals surface area contributed by atoms with Gasteiger partial charge in [-0.05, 0) is 37.6 Å². The normalized spacial score (nSPS) is 12.0. The van der Waals surface area contributed by atoms with E-state index in [-0.39, 0.29) is 29.3 Å². The van der Waals surface area contributed by atoms with Crippen LogP contribution in [0.15, 0.2) is 65.7 Å².